The minimum Gasteiger partial charge on any atom is -0.493 e. The molecule has 2 N–H and O–H groups in total. The number of amides is 2. The van der Waals surface area contributed by atoms with E-state index >= 15 is 0 Å². The van der Waals surface area contributed by atoms with Crippen LogP contribution in [0.5, 0.6) is 11.5 Å². The van der Waals surface area contributed by atoms with Crippen LogP contribution in [-0.2, 0) is 9.59 Å². The average Bonchev–Trinajstić information content (AvgIpc) is 3.62. The number of nitriles is 1. The molecule has 7 nitrogen and oxygen atoms in total. The fourth-order valence-electron chi connectivity index (χ4n) is 3.27. The second-order valence-corrected chi connectivity index (χ2v) is 8.02. The van der Waals surface area contributed by atoms with Crippen molar-refractivity contribution < 1.29 is 19.1 Å². The van der Waals surface area contributed by atoms with Gasteiger partial charge in [0.15, 0.2) is 11.5 Å². The van der Waals surface area contributed by atoms with Crippen molar-refractivity contribution in [2.45, 2.75) is 46.1 Å². The minimum absolute atomic E-state index is 0.0301. The maximum absolute atomic E-state index is 13.4. The minimum atomic E-state index is -0.592. The Kier molecular flexibility index (Phi) is 10.0. The predicted octanol–water partition coefficient (Wildman–Crippen LogP) is 4.66. The van der Waals surface area contributed by atoms with Gasteiger partial charge in [0.05, 0.1) is 43.5 Å². The van der Waals surface area contributed by atoms with Crippen LogP contribution in [0.1, 0.15) is 51.6 Å². The number of hydrogen-bond donors (Lipinski definition) is 2. The fraction of sp³-hybridized carbons (Fsp3) is 0.400. The number of benzene rings is 1. The Bertz CT molecular complexity index is 999. The number of carbonyl (C=O) groups excluding carboxylic acids is 2. The van der Waals surface area contributed by atoms with Crippen molar-refractivity contribution in [2.75, 3.05) is 13.7 Å². The van der Waals surface area contributed by atoms with Gasteiger partial charge >= 0.3 is 0 Å². The summed E-state index contributed by atoms with van der Waals surface area (Å²) < 4.78 is 11.0. The number of carbonyl (C=O) groups is 2. The van der Waals surface area contributed by atoms with Crippen molar-refractivity contribution in [1.29, 1.82) is 5.26 Å². The molecule has 1 fully saturated rings. The number of hydrogen-bond acceptors (Lipinski definition) is 5. The molecule has 0 aliphatic heterocycles. The Labute approximate surface area is 200 Å². The molecule has 176 valence electrons. The number of halogens is 1. The van der Waals surface area contributed by atoms with E-state index in [1.165, 1.54) is 5.54 Å². The predicted molar refractivity (Wildman–Crippen MR) is 128 cm³/mol. The quantitative estimate of drug-likeness (QED) is 0.361. The monoisotopic (exact) mass is 471 g/mol. The lowest BCUT2D eigenvalue weighted by molar-refractivity contribution is -0.121. The third-order valence-electron chi connectivity index (χ3n) is 5.03. The molecule has 0 aromatic heterocycles. The van der Waals surface area contributed by atoms with E-state index in [0.29, 0.717) is 40.5 Å². The van der Waals surface area contributed by atoms with Crippen LogP contribution >= 0.6 is 11.6 Å². The summed E-state index contributed by atoms with van der Waals surface area (Å²) in [5.41, 5.74) is 3.39. The molecule has 0 radical (unpaired) electrons. The number of ether oxygens (including phenoxy) is 2. The maximum Gasteiger partial charge on any atom is 0.253 e. The lowest BCUT2D eigenvalue weighted by Gasteiger charge is -2.21. The van der Waals surface area contributed by atoms with E-state index in [2.05, 4.69) is 16.7 Å². The number of rotatable bonds is 11. The molecule has 0 saturated heterocycles. The van der Waals surface area contributed by atoms with Gasteiger partial charge in [0.2, 0.25) is 5.91 Å². The molecule has 1 aromatic carbocycles. The maximum atomic E-state index is 13.4. The second-order valence-electron chi connectivity index (χ2n) is 7.77. The summed E-state index contributed by atoms with van der Waals surface area (Å²) >= 11 is 5.68. The molecule has 2 amide bonds. The Morgan fingerprint density at radius 2 is 2.03 bits per heavy atom. The van der Waals surface area contributed by atoms with Crippen molar-refractivity contribution >= 4 is 23.4 Å². The highest BCUT2D eigenvalue weighted by atomic mass is 35.5. The lowest BCUT2D eigenvalue weighted by atomic mass is 10.0. The van der Waals surface area contributed by atoms with Crippen molar-refractivity contribution in [3.63, 3.8) is 0 Å². The topological polar surface area (TPSA) is 100 Å². The molecule has 33 heavy (non-hydrogen) atoms. The molecule has 0 spiro atoms. The van der Waals surface area contributed by atoms with Crippen LogP contribution < -0.4 is 20.1 Å². The lowest BCUT2D eigenvalue weighted by Crippen LogP contribution is -2.35. The van der Waals surface area contributed by atoms with Crippen LogP contribution in [0.3, 0.4) is 0 Å². The summed E-state index contributed by atoms with van der Waals surface area (Å²) in [6, 6.07) is 6.82. The summed E-state index contributed by atoms with van der Waals surface area (Å²) in [5, 5.41) is 15.2. The number of nitrogens with zero attached hydrogens (tertiary/aromatic N) is 1. The molecule has 1 aliphatic carbocycles. The molecular weight excluding hydrogens is 442 g/mol. The molecule has 1 unspecified atom stereocenters. The third kappa shape index (κ3) is 7.40. The summed E-state index contributed by atoms with van der Waals surface area (Å²) in [6.07, 6.45) is 4.87. The molecule has 2 rings (SSSR count). The largest absolute Gasteiger partial charge is 0.493 e. The van der Waals surface area contributed by atoms with Crippen molar-refractivity contribution in [2.24, 2.45) is 5.92 Å². The van der Waals surface area contributed by atoms with Gasteiger partial charge in [-0.25, -0.2) is 0 Å². The first-order chi connectivity index (χ1) is 15.9. The molecule has 1 aliphatic rings. The van der Waals surface area contributed by atoms with Crippen LogP contribution in [0.15, 0.2) is 52.7 Å². The van der Waals surface area contributed by atoms with Gasteiger partial charge in [-0.1, -0.05) is 23.2 Å². The van der Waals surface area contributed by atoms with Gasteiger partial charge in [0, 0.05) is 11.5 Å². The normalized spacial score (nSPS) is 14.2. The van der Waals surface area contributed by atoms with Crippen molar-refractivity contribution in [3.8, 4) is 17.6 Å². The number of nitrogens with one attached hydrogen (secondary N) is 2. The van der Waals surface area contributed by atoms with Crippen molar-refractivity contribution in [3.05, 3.63) is 58.3 Å². The van der Waals surface area contributed by atoms with Crippen LogP contribution in [0, 0.1) is 17.2 Å². The molecule has 0 bridgehead atoms. The first-order valence-electron chi connectivity index (χ1n) is 10.8. The Morgan fingerprint density at radius 1 is 1.30 bits per heavy atom. The van der Waals surface area contributed by atoms with E-state index in [1.807, 2.05) is 6.92 Å². The van der Waals surface area contributed by atoms with Gasteiger partial charge in [-0.2, -0.15) is 5.26 Å². The van der Waals surface area contributed by atoms with Gasteiger partial charge in [-0.15, -0.1) is 0 Å². The zero-order chi connectivity index (χ0) is 24.4. The molecule has 1 atom stereocenters. The van der Waals surface area contributed by atoms with Crippen LogP contribution in [-0.4, -0.2) is 25.5 Å². The van der Waals surface area contributed by atoms with Crippen LogP contribution in [0.2, 0.25) is 0 Å². The first kappa shape index (κ1) is 26.0. The zero-order valence-corrected chi connectivity index (χ0v) is 20.2. The molecule has 8 heteroatoms. The highest BCUT2D eigenvalue weighted by Gasteiger charge is 2.31. The highest BCUT2D eigenvalue weighted by molar-refractivity contribution is 6.25. The van der Waals surface area contributed by atoms with Gasteiger partial charge in [-0.05, 0) is 63.5 Å². The summed E-state index contributed by atoms with van der Waals surface area (Å²) in [4.78, 5) is 25.8. The molecule has 1 saturated carbocycles. The van der Waals surface area contributed by atoms with E-state index in [-0.39, 0.29) is 18.2 Å². The number of methoxy groups -OCH3 is 1. The zero-order valence-electron chi connectivity index (χ0n) is 19.4. The van der Waals surface area contributed by atoms with Crippen LogP contribution in [0.25, 0.3) is 0 Å². The average molecular weight is 472 g/mol. The fourth-order valence-corrected chi connectivity index (χ4v) is 3.34. The van der Waals surface area contributed by atoms with E-state index < -0.39 is 11.9 Å². The van der Waals surface area contributed by atoms with Gasteiger partial charge in [0.25, 0.3) is 5.91 Å². The summed E-state index contributed by atoms with van der Waals surface area (Å²) in [7, 11) is 1.55. The smallest absolute Gasteiger partial charge is 0.253 e. The second kappa shape index (κ2) is 12.7. The van der Waals surface area contributed by atoms with Gasteiger partial charge < -0.3 is 20.1 Å². The molecule has 0 heterocycles. The molecule has 1 aromatic rings. The van der Waals surface area contributed by atoms with Crippen LogP contribution in [0.4, 0.5) is 0 Å². The number of allylic oxidation sites excluding steroid dienone is 3. The SMILES string of the molecule is CCOc1cc(C(CC#N)NC(=O)C(=C(C)C)/C(=C\C=C\Cl)NC(=O)C2CC2)ccc1OC. The van der Waals surface area contributed by atoms with E-state index in [4.69, 9.17) is 21.1 Å². The van der Waals surface area contributed by atoms with Crippen molar-refractivity contribution in [1.82, 2.24) is 10.6 Å². The van der Waals surface area contributed by atoms with E-state index in [1.54, 1.807) is 51.3 Å². The highest BCUT2D eigenvalue weighted by Crippen LogP contribution is 2.32. The van der Waals surface area contributed by atoms with Gasteiger partial charge in [-0.3, -0.25) is 9.59 Å². The standard InChI is InChI=1S/C25H30ClN3O4/c1-5-33-22-15-18(10-11-21(22)32-4)19(12-14-27)28-25(31)23(16(2)3)20(7-6-13-26)29-24(30)17-8-9-17/h6-7,10-11,13,15,17,19H,5,8-9,12H2,1-4H3,(H,28,31)(H,29,30)/b13-6+,20-7+. The summed E-state index contributed by atoms with van der Waals surface area (Å²) in [5.74, 6) is 0.530. The van der Waals surface area contributed by atoms with Gasteiger partial charge in [0.1, 0.15) is 0 Å². The Balaban J connectivity index is 2.36. The Morgan fingerprint density at radius 3 is 2.58 bits per heavy atom. The molecular formula is C25H30ClN3O4. The Hall–Kier alpha value is -3.24. The van der Waals surface area contributed by atoms with E-state index in [9.17, 15) is 14.9 Å². The first-order valence-corrected chi connectivity index (χ1v) is 11.2. The summed E-state index contributed by atoms with van der Waals surface area (Å²) in [6.45, 7) is 5.88. The third-order valence-corrected chi connectivity index (χ3v) is 5.17. The van der Waals surface area contributed by atoms with E-state index in [0.717, 1.165) is 12.8 Å².